The molecule has 1 N–H and O–H groups in total. The highest BCUT2D eigenvalue weighted by atomic mass is 35.5. The topological polar surface area (TPSA) is 33.7 Å². The Labute approximate surface area is 113 Å². The number of rotatable bonds is 5. The number of hydrogen-bond donors (Lipinski definition) is 1. The van der Waals surface area contributed by atoms with E-state index in [-0.39, 0.29) is 0 Å². The third-order valence-electron chi connectivity index (χ3n) is 2.99. The summed E-state index contributed by atoms with van der Waals surface area (Å²) in [7, 11) is 1.85. The van der Waals surface area contributed by atoms with Crippen molar-refractivity contribution in [2.45, 2.75) is 0 Å². The lowest BCUT2D eigenvalue weighted by molar-refractivity contribution is 0.0322. The molecule has 0 bridgehead atoms. The van der Waals surface area contributed by atoms with E-state index in [0.29, 0.717) is 11.6 Å². The third-order valence-corrected chi connectivity index (χ3v) is 3.32. The highest BCUT2D eigenvalue weighted by Crippen LogP contribution is 2.26. The van der Waals surface area contributed by atoms with Gasteiger partial charge in [-0.05, 0) is 12.1 Å². The third kappa shape index (κ3) is 3.77. The molecule has 1 heterocycles. The van der Waals surface area contributed by atoms with E-state index in [1.807, 2.05) is 25.2 Å². The summed E-state index contributed by atoms with van der Waals surface area (Å²) in [6.07, 6.45) is 0. The molecule has 0 radical (unpaired) electrons. The summed E-state index contributed by atoms with van der Waals surface area (Å²) in [6, 6.07) is 5.65. The summed E-state index contributed by atoms with van der Waals surface area (Å²) in [4.78, 5) is 2.35. The minimum atomic E-state index is 0.685. The zero-order chi connectivity index (χ0) is 12.8. The number of nitrogens with zero attached hydrogens (tertiary/aromatic N) is 1. The molecule has 5 heteroatoms. The van der Waals surface area contributed by atoms with E-state index >= 15 is 0 Å². The Kier molecular flexibility index (Phi) is 5.11. The van der Waals surface area contributed by atoms with Gasteiger partial charge >= 0.3 is 0 Å². The first-order chi connectivity index (χ1) is 8.79. The van der Waals surface area contributed by atoms with Crippen LogP contribution in [0.4, 0.5) is 5.69 Å². The molecule has 0 atom stereocenters. The summed E-state index contributed by atoms with van der Waals surface area (Å²) < 4.78 is 11.0. The van der Waals surface area contributed by atoms with Crippen molar-refractivity contribution in [1.29, 1.82) is 0 Å². The molecule has 1 saturated heterocycles. The summed E-state index contributed by atoms with van der Waals surface area (Å²) in [5.74, 6) is 0.844. The smallest absolute Gasteiger partial charge is 0.121 e. The Hall–Kier alpha value is -0.970. The number of nitrogens with one attached hydrogen (secondary N) is 1. The quantitative estimate of drug-likeness (QED) is 0.888. The predicted molar refractivity (Wildman–Crippen MR) is 73.8 cm³/mol. The van der Waals surface area contributed by atoms with Crippen molar-refractivity contribution in [1.82, 2.24) is 4.90 Å². The van der Waals surface area contributed by atoms with Gasteiger partial charge in [-0.2, -0.15) is 0 Å². The molecule has 4 nitrogen and oxygen atoms in total. The van der Waals surface area contributed by atoms with Gasteiger partial charge in [-0.25, -0.2) is 0 Å². The fraction of sp³-hybridized carbons (Fsp3) is 0.538. The normalized spacial score (nSPS) is 16.6. The zero-order valence-electron chi connectivity index (χ0n) is 10.6. The van der Waals surface area contributed by atoms with Crippen molar-refractivity contribution in [2.75, 3.05) is 51.8 Å². The van der Waals surface area contributed by atoms with Gasteiger partial charge in [0.15, 0.2) is 0 Å². The molecular weight excluding hydrogens is 252 g/mol. The van der Waals surface area contributed by atoms with Crippen LogP contribution in [-0.4, -0.2) is 51.4 Å². The monoisotopic (exact) mass is 270 g/mol. The first kappa shape index (κ1) is 13.5. The molecule has 1 aromatic carbocycles. The number of ether oxygens (including phenoxy) is 2. The summed E-state index contributed by atoms with van der Waals surface area (Å²) in [5.41, 5.74) is 0.889. The molecule has 0 amide bonds. The van der Waals surface area contributed by atoms with Crippen molar-refractivity contribution >= 4 is 17.3 Å². The van der Waals surface area contributed by atoms with Gasteiger partial charge in [0.25, 0.3) is 0 Å². The van der Waals surface area contributed by atoms with Gasteiger partial charge < -0.3 is 14.8 Å². The van der Waals surface area contributed by atoms with E-state index < -0.39 is 0 Å². The van der Waals surface area contributed by atoms with Crippen LogP contribution in [0.1, 0.15) is 0 Å². The molecule has 0 aliphatic carbocycles. The molecule has 0 saturated carbocycles. The molecule has 1 fully saturated rings. The maximum atomic E-state index is 6.01. The van der Waals surface area contributed by atoms with E-state index in [0.717, 1.165) is 44.3 Å². The first-order valence-electron chi connectivity index (χ1n) is 6.20. The van der Waals surface area contributed by atoms with Crippen LogP contribution in [0.15, 0.2) is 18.2 Å². The summed E-state index contributed by atoms with van der Waals surface area (Å²) in [6.45, 7) is 5.25. The molecule has 18 heavy (non-hydrogen) atoms. The van der Waals surface area contributed by atoms with Crippen LogP contribution in [0.25, 0.3) is 0 Å². The summed E-state index contributed by atoms with van der Waals surface area (Å²) in [5, 5.41) is 3.74. The number of anilines is 1. The van der Waals surface area contributed by atoms with E-state index in [2.05, 4.69) is 10.2 Å². The van der Waals surface area contributed by atoms with Gasteiger partial charge in [0.05, 0.1) is 23.9 Å². The maximum absolute atomic E-state index is 6.01. The first-order valence-corrected chi connectivity index (χ1v) is 6.57. The largest absolute Gasteiger partial charge is 0.492 e. The molecule has 100 valence electrons. The average molecular weight is 271 g/mol. The van der Waals surface area contributed by atoms with Crippen LogP contribution in [0.2, 0.25) is 5.02 Å². The van der Waals surface area contributed by atoms with E-state index in [1.54, 1.807) is 0 Å². The average Bonchev–Trinajstić information content (AvgIpc) is 2.42. The van der Waals surface area contributed by atoms with Gasteiger partial charge in [0, 0.05) is 32.7 Å². The van der Waals surface area contributed by atoms with Crippen LogP contribution >= 0.6 is 11.6 Å². The molecule has 2 rings (SSSR count). The van der Waals surface area contributed by atoms with Crippen LogP contribution in [-0.2, 0) is 4.74 Å². The lowest BCUT2D eigenvalue weighted by atomic mass is 10.3. The van der Waals surface area contributed by atoms with Gasteiger partial charge in [-0.1, -0.05) is 11.6 Å². The maximum Gasteiger partial charge on any atom is 0.121 e. The number of benzene rings is 1. The second kappa shape index (κ2) is 6.83. The summed E-state index contributed by atoms with van der Waals surface area (Å²) >= 11 is 6.01. The highest BCUT2D eigenvalue weighted by Gasteiger charge is 2.09. The van der Waals surface area contributed by atoms with Gasteiger partial charge in [-0.3, -0.25) is 4.90 Å². The number of hydrogen-bond acceptors (Lipinski definition) is 4. The minimum absolute atomic E-state index is 0.685. The Bertz CT molecular complexity index is 381. The second-order valence-electron chi connectivity index (χ2n) is 4.19. The molecule has 0 aromatic heterocycles. The van der Waals surface area contributed by atoms with Crippen LogP contribution in [0.3, 0.4) is 0 Å². The lowest BCUT2D eigenvalue weighted by Crippen LogP contribution is -2.38. The molecule has 0 unspecified atom stereocenters. The Morgan fingerprint density at radius 1 is 1.39 bits per heavy atom. The predicted octanol–water partition coefficient (Wildman–Crippen LogP) is 2.09. The molecule has 1 aromatic rings. The van der Waals surface area contributed by atoms with Crippen molar-refractivity contribution < 1.29 is 9.47 Å². The van der Waals surface area contributed by atoms with Gasteiger partial charge in [0.2, 0.25) is 0 Å². The molecule has 0 spiro atoms. The molecule has 1 aliphatic rings. The van der Waals surface area contributed by atoms with E-state index in [4.69, 9.17) is 21.1 Å². The standard InChI is InChI=1S/C13H19ClN2O2/c1-15-13-10-11(2-3-12(13)14)18-9-6-16-4-7-17-8-5-16/h2-3,10,15H,4-9H2,1H3. The Morgan fingerprint density at radius 2 is 2.17 bits per heavy atom. The van der Waals surface area contributed by atoms with Crippen molar-refractivity contribution in [2.24, 2.45) is 0 Å². The van der Waals surface area contributed by atoms with Crippen LogP contribution in [0.5, 0.6) is 5.75 Å². The Balaban J connectivity index is 1.79. The van der Waals surface area contributed by atoms with E-state index in [9.17, 15) is 0 Å². The number of halogens is 1. The minimum Gasteiger partial charge on any atom is -0.492 e. The lowest BCUT2D eigenvalue weighted by Gasteiger charge is -2.26. The highest BCUT2D eigenvalue weighted by molar-refractivity contribution is 6.33. The van der Waals surface area contributed by atoms with Gasteiger partial charge in [-0.15, -0.1) is 0 Å². The van der Waals surface area contributed by atoms with Gasteiger partial charge in [0.1, 0.15) is 12.4 Å². The fourth-order valence-corrected chi connectivity index (χ4v) is 2.12. The number of morpholine rings is 1. The van der Waals surface area contributed by atoms with E-state index in [1.165, 1.54) is 0 Å². The fourth-order valence-electron chi connectivity index (χ4n) is 1.90. The SMILES string of the molecule is CNc1cc(OCCN2CCOCC2)ccc1Cl. The van der Waals surface area contributed by atoms with Crippen LogP contribution < -0.4 is 10.1 Å². The molecule has 1 aliphatic heterocycles. The second-order valence-corrected chi connectivity index (χ2v) is 4.60. The zero-order valence-corrected chi connectivity index (χ0v) is 11.4. The van der Waals surface area contributed by atoms with Crippen molar-refractivity contribution in [3.05, 3.63) is 23.2 Å². The molecular formula is C13H19ClN2O2. The van der Waals surface area contributed by atoms with Crippen molar-refractivity contribution in [3.8, 4) is 5.75 Å². The van der Waals surface area contributed by atoms with Crippen molar-refractivity contribution in [3.63, 3.8) is 0 Å². The Morgan fingerprint density at radius 3 is 2.89 bits per heavy atom. The van der Waals surface area contributed by atoms with Crippen LogP contribution in [0, 0.1) is 0 Å².